The van der Waals surface area contributed by atoms with E-state index in [9.17, 15) is 9.59 Å². The van der Waals surface area contributed by atoms with Gasteiger partial charge in [-0.2, -0.15) is 0 Å². The summed E-state index contributed by atoms with van der Waals surface area (Å²) in [4.78, 5) is 26.3. The van der Waals surface area contributed by atoms with Gasteiger partial charge in [0.25, 0.3) is 0 Å². The fourth-order valence-electron chi connectivity index (χ4n) is 3.09. The molecule has 1 aliphatic rings. The molecule has 0 bridgehead atoms. The van der Waals surface area contributed by atoms with Gasteiger partial charge in [-0.1, -0.05) is 51.1 Å². The molecular formula is C20H30N2O2. The van der Waals surface area contributed by atoms with Crippen LogP contribution >= 0.6 is 0 Å². The average Bonchev–Trinajstić information content (AvgIpc) is 2.52. The van der Waals surface area contributed by atoms with E-state index in [0.29, 0.717) is 12.8 Å². The molecule has 1 heterocycles. The number of nitrogens with one attached hydrogen (secondary N) is 1. The van der Waals surface area contributed by atoms with Crippen LogP contribution < -0.4 is 5.32 Å². The summed E-state index contributed by atoms with van der Waals surface area (Å²) in [6.07, 6.45) is 3.61. The van der Waals surface area contributed by atoms with Crippen LogP contribution in [0.25, 0.3) is 0 Å². The van der Waals surface area contributed by atoms with Crippen LogP contribution in [0, 0.1) is 5.41 Å². The van der Waals surface area contributed by atoms with Gasteiger partial charge in [-0.15, -0.1) is 0 Å². The smallest absolute Gasteiger partial charge is 0.222 e. The summed E-state index contributed by atoms with van der Waals surface area (Å²) < 4.78 is 0. The van der Waals surface area contributed by atoms with Gasteiger partial charge in [0, 0.05) is 32.0 Å². The monoisotopic (exact) mass is 330 g/mol. The number of benzene rings is 1. The number of hydrogen-bond donors (Lipinski definition) is 1. The van der Waals surface area contributed by atoms with Crippen molar-refractivity contribution in [3.63, 3.8) is 0 Å². The van der Waals surface area contributed by atoms with Crippen LogP contribution in [0.4, 0.5) is 0 Å². The van der Waals surface area contributed by atoms with Gasteiger partial charge in [-0.05, 0) is 30.2 Å². The van der Waals surface area contributed by atoms with Crippen molar-refractivity contribution in [2.24, 2.45) is 5.41 Å². The molecule has 1 aliphatic heterocycles. The lowest BCUT2D eigenvalue weighted by atomic mass is 9.91. The molecule has 1 aromatic carbocycles. The van der Waals surface area contributed by atoms with Gasteiger partial charge in [-0.3, -0.25) is 9.59 Å². The Morgan fingerprint density at radius 3 is 2.33 bits per heavy atom. The van der Waals surface area contributed by atoms with Crippen LogP contribution in [-0.2, 0) is 16.0 Å². The van der Waals surface area contributed by atoms with Gasteiger partial charge in [0.15, 0.2) is 0 Å². The van der Waals surface area contributed by atoms with E-state index in [1.807, 2.05) is 23.1 Å². The Kier molecular flexibility index (Phi) is 6.41. The Hall–Kier alpha value is -1.84. The quantitative estimate of drug-likeness (QED) is 0.901. The number of amides is 2. The maximum atomic E-state index is 12.3. The van der Waals surface area contributed by atoms with Gasteiger partial charge >= 0.3 is 0 Å². The van der Waals surface area contributed by atoms with Crippen molar-refractivity contribution in [1.29, 1.82) is 0 Å². The number of carbonyl (C=O) groups is 2. The topological polar surface area (TPSA) is 49.4 Å². The van der Waals surface area contributed by atoms with Crippen molar-refractivity contribution >= 4 is 11.8 Å². The highest BCUT2D eigenvalue weighted by molar-refractivity contribution is 5.77. The SMILES string of the molecule is CC(C)(C)CC(=O)NC1CCN(C(=O)CCc2ccccc2)CC1. The van der Waals surface area contributed by atoms with E-state index >= 15 is 0 Å². The fourth-order valence-corrected chi connectivity index (χ4v) is 3.09. The maximum Gasteiger partial charge on any atom is 0.222 e. The highest BCUT2D eigenvalue weighted by Crippen LogP contribution is 2.19. The number of likely N-dealkylation sites (tertiary alicyclic amines) is 1. The van der Waals surface area contributed by atoms with Crippen molar-refractivity contribution < 1.29 is 9.59 Å². The van der Waals surface area contributed by atoms with Crippen LogP contribution in [0.5, 0.6) is 0 Å². The second-order valence-electron chi connectivity index (χ2n) is 7.95. The Morgan fingerprint density at radius 2 is 1.75 bits per heavy atom. The van der Waals surface area contributed by atoms with Crippen molar-refractivity contribution in [3.05, 3.63) is 35.9 Å². The van der Waals surface area contributed by atoms with Crippen molar-refractivity contribution in [1.82, 2.24) is 10.2 Å². The summed E-state index contributed by atoms with van der Waals surface area (Å²) in [7, 11) is 0. The third-order valence-electron chi connectivity index (χ3n) is 4.37. The third-order valence-corrected chi connectivity index (χ3v) is 4.37. The Morgan fingerprint density at radius 1 is 1.12 bits per heavy atom. The molecule has 1 N–H and O–H groups in total. The van der Waals surface area contributed by atoms with Gasteiger partial charge < -0.3 is 10.2 Å². The van der Waals surface area contributed by atoms with E-state index in [2.05, 4.69) is 38.2 Å². The second-order valence-corrected chi connectivity index (χ2v) is 7.95. The lowest BCUT2D eigenvalue weighted by Gasteiger charge is -2.33. The average molecular weight is 330 g/mol. The largest absolute Gasteiger partial charge is 0.353 e. The third kappa shape index (κ3) is 6.34. The van der Waals surface area contributed by atoms with Gasteiger partial charge in [0.05, 0.1) is 0 Å². The van der Waals surface area contributed by atoms with Crippen molar-refractivity contribution in [2.45, 2.75) is 58.9 Å². The number of aryl methyl sites for hydroxylation is 1. The Balaban J connectivity index is 1.70. The molecule has 4 heteroatoms. The molecule has 0 aromatic heterocycles. The summed E-state index contributed by atoms with van der Waals surface area (Å²) in [5.74, 6) is 0.342. The van der Waals surface area contributed by atoms with E-state index in [4.69, 9.17) is 0 Å². The molecule has 0 radical (unpaired) electrons. The molecule has 24 heavy (non-hydrogen) atoms. The minimum Gasteiger partial charge on any atom is -0.353 e. The summed E-state index contributed by atoms with van der Waals surface area (Å²) in [6.45, 7) is 7.70. The lowest BCUT2D eigenvalue weighted by molar-refractivity contribution is -0.132. The van der Waals surface area contributed by atoms with Crippen molar-refractivity contribution in [3.8, 4) is 0 Å². The fraction of sp³-hybridized carbons (Fsp3) is 0.600. The van der Waals surface area contributed by atoms with E-state index < -0.39 is 0 Å². The molecule has 0 aliphatic carbocycles. The summed E-state index contributed by atoms with van der Waals surface area (Å²) >= 11 is 0. The molecule has 0 unspecified atom stereocenters. The Bertz CT molecular complexity index is 541. The minimum atomic E-state index is 0.0121. The Labute approximate surface area is 145 Å². The zero-order valence-corrected chi connectivity index (χ0v) is 15.2. The number of rotatable bonds is 5. The molecule has 1 aromatic rings. The van der Waals surface area contributed by atoms with Crippen LogP contribution in [0.2, 0.25) is 0 Å². The van der Waals surface area contributed by atoms with Gasteiger partial charge in [0.2, 0.25) is 11.8 Å². The van der Waals surface area contributed by atoms with Crippen LogP contribution in [-0.4, -0.2) is 35.8 Å². The molecule has 0 saturated carbocycles. The summed E-state index contributed by atoms with van der Waals surface area (Å²) in [5.41, 5.74) is 1.22. The zero-order chi connectivity index (χ0) is 17.6. The number of nitrogens with zero attached hydrogens (tertiary/aromatic N) is 1. The first kappa shape index (κ1) is 18.5. The second kappa shape index (κ2) is 8.32. The van der Waals surface area contributed by atoms with Crippen molar-refractivity contribution in [2.75, 3.05) is 13.1 Å². The van der Waals surface area contributed by atoms with Gasteiger partial charge in [0.1, 0.15) is 0 Å². The normalized spacial score (nSPS) is 16.0. The number of hydrogen-bond acceptors (Lipinski definition) is 2. The summed E-state index contributed by atoms with van der Waals surface area (Å²) in [6, 6.07) is 10.3. The molecule has 0 atom stereocenters. The molecule has 132 valence electrons. The van der Waals surface area contributed by atoms with E-state index in [0.717, 1.165) is 32.4 Å². The van der Waals surface area contributed by atoms with Crippen LogP contribution in [0.3, 0.4) is 0 Å². The first-order valence-corrected chi connectivity index (χ1v) is 8.94. The molecule has 1 fully saturated rings. The maximum absolute atomic E-state index is 12.3. The standard InChI is InChI=1S/C20H30N2O2/c1-20(2,3)15-18(23)21-17-11-13-22(14-12-17)19(24)10-9-16-7-5-4-6-8-16/h4-8,17H,9-15H2,1-3H3,(H,21,23). The highest BCUT2D eigenvalue weighted by Gasteiger charge is 2.25. The van der Waals surface area contributed by atoms with E-state index in [1.54, 1.807) is 0 Å². The first-order chi connectivity index (χ1) is 11.3. The van der Waals surface area contributed by atoms with Crippen LogP contribution in [0.15, 0.2) is 30.3 Å². The van der Waals surface area contributed by atoms with E-state index in [1.165, 1.54) is 5.56 Å². The minimum absolute atomic E-state index is 0.0121. The molecule has 0 spiro atoms. The number of piperidine rings is 1. The predicted molar refractivity (Wildman–Crippen MR) is 96.6 cm³/mol. The summed E-state index contributed by atoms with van der Waals surface area (Å²) in [5, 5.41) is 3.12. The zero-order valence-electron chi connectivity index (χ0n) is 15.2. The lowest BCUT2D eigenvalue weighted by Crippen LogP contribution is -2.47. The van der Waals surface area contributed by atoms with Gasteiger partial charge in [-0.25, -0.2) is 0 Å². The molecular weight excluding hydrogens is 300 g/mol. The molecule has 4 nitrogen and oxygen atoms in total. The molecule has 1 saturated heterocycles. The van der Waals surface area contributed by atoms with E-state index in [-0.39, 0.29) is 23.3 Å². The van der Waals surface area contributed by atoms with Crippen LogP contribution in [0.1, 0.15) is 52.0 Å². The number of carbonyl (C=O) groups excluding carboxylic acids is 2. The molecule has 2 amide bonds. The molecule has 2 rings (SSSR count). The highest BCUT2D eigenvalue weighted by atomic mass is 16.2. The first-order valence-electron chi connectivity index (χ1n) is 8.94. The predicted octanol–water partition coefficient (Wildman–Crippen LogP) is 3.16.